The van der Waals surface area contributed by atoms with Gasteiger partial charge in [0.15, 0.2) is 6.29 Å². The van der Waals surface area contributed by atoms with E-state index < -0.39 is 42.9 Å². The highest BCUT2D eigenvalue weighted by molar-refractivity contribution is 4.91. The Morgan fingerprint density at radius 3 is 2.48 bits per heavy atom. The molecule has 0 aromatic carbocycles. The fourth-order valence-corrected chi connectivity index (χ4v) is 2.46. The molecule has 7 unspecified atom stereocenters. The second kappa shape index (κ2) is 9.08. The van der Waals surface area contributed by atoms with Gasteiger partial charge in [0.2, 0.25) is 0 Å². The standard InChI is InChI=1S/C16H30O7/c1-4-16(3,21)7-5-6-10(2)9-22-15-14(20)13(19)12(18)11(8-17)23-15/h4,10-15,17-21H,1,5-9H2,2-3H3. The monoisotopic (exact) mass is 334 g/mol. The van der Waals surface area contributed by atoms with Crippen LogP contribution < -0.4 is 0 Å². The smallest absolute Gasteiger partial charge is 0.186 e. The Balaban J connectivity index is 2.37. The summed E-state index contributed by atoms with van der Waals surface area (Å²) < 4.78 is 10.8. The van der Waals surface area contributed by atoms with Crippen LogP contribution in [0, 0.1) is 5.92 Å². The van der Waals surface area contributed by atoms with Crippen LogP contribution in [0.3, 0.4) is 0 Å². The molecular formula is C16H30O7. The van der Waals surface area contributed by atoms with E-state index in [-0.39, 0.29) is 5.92 Å². The molecule has 0 saturated carbocycles. The molecule has 0 spiro atoms. The maximum absolute atomic E-state index is 9.86. The van der Waals surface area contributed by atoms with Gasteiger partial charge >= 0.3 is 0 Å². The first-order valence-electron chi connectivity index (χ1n) is 8.00. The molecule has 5 N–H and O–H groups in total. The van der Waals surface area contributed by atoms with Crippen molar-refractivity contribution in [3.8, 4) is 0 Å². The summed E-state index contributed by atoms with van der Waals surface area (Å²) in [5.74, 6) is 0.156. The van der Waals surface area contributed by atoms with Gasteiger partial charge in [-0.3, -0.25) is 0 Å². The molecule has 0 bridgehead atoms. The van der Waals surface area contributed by atoms with Gasteiger partial charge in [-0.25, -0.2) is 0 Å². The van der Waals surface area contributed by atoms with E-state index in [4.69, 9.17) is 14.6 Å². The van der Waals surface area contributed by atoms with Gasteiger partial charge in [-0.1, -0.05) is 13.0 Å². The molecule has 0 radical (unpaired) electrons. The summed E-state index contributed by atoms with van der Waals surface area (Å²) in [6.45, 7) is 7.06. The minimum atomic E-state index is -1.43. The number of rotatable bonds is 9. The molecule has 23 heavy (non-hydrogen) atoms. The average Bonchev–Trinajstić information content (AvgIpc) is 2.52. The zero-order valence-corrected chi connectivity index (χ0v) is 13.8. The van der Waals surface area contributed by atoms with Crippen LogP contribution in [0.15, 0.2) is 12.7 Å². The number of hydrogen-bond donors (Lipinski definition) is 5. The van der Waals surface area contributed by atoms with Crippen molar-refractivity contribution in [2.75, 3.05) is 13.2 Å². The first-order valence-corrected chi connectivity index (χ1v) is 8.00. The van der Waals surface area contributed by atoms with E-state index in [9.17, 15) is 20.4 Å². The predicted molar refractivity (Wildman–Crippen MR) is 83.6 cm³/mol. The molecule has 0 aromatic rings. The van der Waals surface area contributed by atoms with Crippen molar-refractivity contribution in [1.29, 1.82) is 0 Å². The fourth-order valence-electron chi connectivity index (χ4n) is 2.46. The van der Waals surface area contributed by atoms with Gasteiger partial charge in [0.1, 0.15) is 24.4 Å². The molecule has 1 aliphatic rings. The van der Waals surface area contributed by atoms with Crippen molar-refractivity contribution in [3.63, 3.8) is 0 Å². The Labute approximate surface area is 137 Å². The van der Waals surface area contributed by atoms with Crippen molar-refractivity contribution in [1.82, 2.24) is 0 Å². The lowest BCUT2D eigenvalue weighted by molar-refractivity contribution is -0.303. The van der Waals surface area contributed by atoms with Gasteiger partial charge < -0.3 is 35.0 Å². The second-order valence-corrected chi connectivity index (χ2v) is 6.59. The third kappa shape index (κ3) is 6.11. The molecule has 136 valence electrons. The van der Waals surface area contributed by atoms with Crippen molar-refractivity contribution in [2.45, 2.75) is 69.4 Å². The van der Waals surface area contributed by atoms with E-state index in [0.717, 1.165) is 12.8 Å². The molecule has 7 atom stereocenters. The minimum Gasteiger partial charge on any atom is -0.394 e. The van der Waals surface area contributed by atoms with Gasteiger partial charge in [-0.05, 0) is 32.1 Å². The highest BCUT2D eigenvalue weighted by Crippen LogP contribution is 2.23. The summed E-state index contributed by atoms with van der Waals surface area (Å²) in [6.07, 6.45) is -2.53. The summed E-state index contributed by atoms with van der Waals surface area (Å²) in [5, 5.41) is 48.2. The normalized spacial score (nSPS) is 35.5. The van der Waals surface area contributed by atoms with Crippen LogP contribution >= 0.6 is 0 Å². The van der Waals surface area contributed by atoms with Gasteiger partial charge in [0.25, 0.3) is 0 Å². The third-order valence-corrected chi connectivity index (χ3v) is 4.21. The maximum Gasteiger partial charge on any atom is 0.186 e. The van der Waals surface area contributed by atoms with Gasteiger partial charge in [-0.15, -0.1) is 6.58 Å². The van der Waals surface area contributed by atoms with E-state index >= 15 is 0 Å². The van der Waals surface area contributed by atoms with Crippen molar-refractivity contribution in [3.05, 3.63) is 12.7 Å². The Morgan fingerprint density at radius 2 is 1.91 bits per heavy atom. The van der Waals surface area contributed by atoms with E-state index in [1.807, 2.05) is 6.92 Å². The van der Waals surface area contributed by atoms with Gasteiger partial charge in [-0.2, -0.15) is 0 Å². The molecule has 1 fully saturated rings. The number of ether oxygens (including phenoxy) is 2. The minimum absolute atomic E-state index is 0.156. The van der Waals surface area contributed by atoms with Crippen molar-refractivity contribution in [2.24, 2.45) is 5.92 Å². The molecule has 0 aromatic heterocycles. The summed E-state index contributed by atoms with van der Waals surface area (Å²) in [5.41, 5.74) is -0.877. The molecule has 1 aliphatic heterocycles. The number of aliphatic hydroxyl groups excluding tert-OH is 4. The molecular weight excluding hydrogens is 304 g/mol. The van der Waals surface area contributed by atoms with Crippen LogP contribution in [-0.2, 0) is 9.47 Å². The number of aliphatic hydroxyl groups is 5. The summed E-state index contributed by atoms with van der Waals surface area (Å²) >= 11 is 0. The van der Waals surface area contributed by atoms with Crippen molar-refractivity contribution >= 4 is 0 Å². The van der Waals surface area contributed by atoms with Crippen LogP contribution in [0.4, 0.5) is 0 Å². The summed E-state index contributed by atoms with van der Waals surface area (Å²) in [4.78, 5) is 0. The van der Waals surface area contributed by atoms with Crippen LogP contribution in [-0.4, -0.2) is 75.1 Å². The maximum atomic E-state index is 9.86. The lowest BCUT2D eigenvalue weighted by Crippen LogP contribution is -2.59. The lowest BCUT2D eigenvalue weighted by atomic mass is 9.96. The van der Waals surface area contributed by atoms with E-state index in [1.165, 1.54) is 6.08 Å². The first-order chi connectivity index (χ1) is 10.7. The highest BCUT2D eigenvalue weighted by atomic mass is 16.7. The fraction of sp³-hybridized carbons (Fsp3) is 0.875. The van der Waals surface area contributed by atoms with Crippen LogP contribution in [0.25, 0.3) is 0 Å². The molecule has 1 saturated heterocycles. The molecule has 7 nitrogen and oxygen atoms in total. The van der Waals surface area contributed by atoms with Crippen LogP contribution in [0.5, 0.6) is 0 Å². The quantitative estimate of drug-likeness (QED) is 0.362. The molecule has 0 aliphatic carbocycles. The Hall–Kier alpha value is -0.540. The van der Waals surface area contributed by atoms with Crippen molar-refractivity contribution < 1.29 is 35.0 Å². The van der Waals surface area contributed by atoms with Crippen LogP contribution in [0.2, 0.25) is 0 Å². The lowest BCUT2D eigenvalue weighted by Gasteiger charge is -2.39. The van der Waals surface area contributed by atoms with E-state index in [2.05, 4.69) is 6.58 Å². The summed E-state index contributed by atoms with van der Waals surface area (Å²) in [6, 6.07) is 0. The highest BCUT2D eigenvalue weighted by Gasteiger charge is 2.44. The third-order valence-electron chi connectivity index (χ3n) is 4.21. The van der Waals surface area contributed by atoms with Gasteiger partial charge in [0, 0.05) is 0 Å². The van der Waals surface area contributed by atoms with Gasteiger partial charge in [0.05, 0.1) is 18.8 Å². The van der Waals surface area contributed by atoms with Crippen LogP contribution in [0.1, 0.15) is 33.1 Å². The SMILES string of the molecule is C=CC(C)(O)CCCC(C)COC1OC(CO)C(O)C(O)C1O. The Morgan fingerprint density at radius 1 is 1.26 bits per heavy atom. The average molecular weight is 334 g/mol. The topological polar surface area (TPSA) is 120 Å². The zero-order valence-electron chi connectivity index (χ0n) is 13.8. The number of hydrogen-bond acceptors (Lipinski definition) is 7. The van der Waals surface area contributed by atoms with E-state index in [0.29, 0.717) is 13.0 Å². The first kappa shape index (κ1) is 20.5. The van der Waals surface area contributed by atoms with E-state index in [1.54, 1.807) is 6.92 Å². The largest absolute Gasteiger partial charge is 0.394 e. The molecule has 1 heterocycles. The molecule has 7 heteroatoms. The second-order valence-electron chi connectivity index (χ2n) is 6.59. The Bertz CT molecular complexity index is 358. The zero-order chi connectivity index (χ0) is 17.6. The predicted octanol–water partition coefficient (Wildman–Crippen LogP) is -0.454. The Kier molecular flexibility index (Phi) is 8.09. The molecule has 0 amide bonds. The molecule has 1 rings (SSSR count). The summed E-state index contributed by atoms with van der Waals surface area (Å²) in [7, 11) is 0.